The van der Waals surface area contributed by atoms with Crippen LogP contribution in [-0.4, -0.2) is 80.0 Å². The zero-order chi connectivity index (χ0) is 26.8. The van der Waals surface area contributed by atoms with Crippen molar-refractivity contribution in [2.24, 2.45) is 0 Å². The van der Waals surface area contributed by atoms with E-state index in [0.717, 1.165) is 35.7 Å². The van der Waals surface area contributed by atoms with Crippen molar-refractivity contribution in [2.75, 3.05) is 39.3 Å². The van der Waals surface area contributed by atoms with Crippen LogP contribution in [0.25, 0.3) is 10.8 Å². The van der Waals surface area contributed by atoms with E-state index in [1.165, 1.54) is 4.31 Å². The summed E-state index contributed by atoms with van der Waals surface area (Å²) < 4.78 is 34.3. The van der Waals surface area contributed by atoms with Crippen molar-refractivity contribution in [1.29, 1.82) is 0 Å². The average molecular weight is 538 g/mol. The van der Waals surface area contributed by atoms with Crippen LogP contribution < -0.4 is 4.48 Å². The summed E-state index contributed by atoms with van der Waals surface area (Å²) in [6, 6.07) is 15.0. The van der Waals surface area contributed by atoms with Crippen LogP contribution in [0.4, 0.5) is 10.5 Å². The second-order valence-corrected chi connectivity index (χ2v) is 11.7. The molecule has 2 amide bonds. The van der Waals surface area contributed by atoms with Crippen molar-refractivity contribution in [3.05, 3.63) is 67.0 Å². The number of rotatable bonds is 5. The Labute approximate surface area is 223 Å². The molecule has 0 N–H and O–H groups in total. The molecule has 2 aliphatic rings. The van der Waals surface area contributed by atoms with E-state index < -0.39 is 22.0 Å². The van der Waals surface area contributed by atoms with E-state index >= 15 is 0 Å². The number of esters is 1. The smallest absolute Gasteiger partial charge is 0.424 e. The summed E-state index contributed by atoms with van der Waals surface area (Å²) in [6.07, 6.45) is 6.25. The van der Waals surface area contributed by atoms with Crippen molar-refractivity contribution < 1.29 is 22.7 Å². The zero-order valence-electron chi connectivity index (χ0n) is 21.5. The Hall–Kier alpha value is -3.34. The maximum absolute atomic E-state index is 14.1. The number of quaternary nitrogens is 1. The van der Waals surface area contributed by atoms with Gasteiger partial charge in [-0.2, -0.15) is 4.31 Å². The first-order valence-electron chi connectivity index (χ1n) is 13.1. The van der Waals surface area contributed by atoms with Gasteiger partial charge in [-0.05, 0) is 49.1 Å². The Morgan fingerprint density at radius 2 is 1.68 bits per heavy atom. The normalized spacial score (nSPS) is 20.2. The van der Waals surface area contributed by atoms with Crippen LogP contribution in [0.15, 0.2) is 71.9 Å². The first kappa shape index (κ1) is 26.3. The molecule has 1 aromatic heterocycles. The molecule has 2 aliphatic heterocycles. The molecule has 0 radical (unpaired) electrons. The molecule has 38 heavy (non-hydrogen) atoms. The number of hydrogen-bond acceptors (Lipinski definition) is 6. The number of urea groups is 1. The van der Waals surface area contributed by atoms with Crippen molar-refractivity contribution in [2.45, 2.75) is 37.1 Å². The van der Waals surface area contributed by atoms with Gasteiger partial charge in [0.25, 0.3) is 0 Å². The number of piperazine rings is 1. The minimum Gasteiger partial charge on any atom is -0.465 e. The van der Waals surface area contributed by atoms with Crippen molar-refractivity contribution in [3.63, 3.8) is 0 Å². The molecule has 0 saturated carbocycles. The number of hydrogen-bond donors (Lipinski definition) is 0. The lowest BCUT2D eigenvalue weighted by Crippen LogP contribution is -2.67. The molecule has 2 fully saturated rings. The number of piperidine rings is 1. The van der Waals surface area contributed by atoms with E-state index in [4.69, 9.17) is 4.74 Å². The van der Waals surface area contributed by atoms with Gasteiger partial charge in [0, 0.05) is 37.6 Å². The highest BCUT2D eigenvalue weighted by Gasteiger charge is 2.49. The monoisotopic (exact) mass is 537 g/mol. The lowest BCUT2D eigenvalue weighted by atomic mass is 10.1. The number of sulfonamides is 1. The largest absolute Gasteiger partial charge is 0.465 e. The molecule has 200 valence electrons. The second kappa shape index (κ2) is 10.8. The summed E-state index contributed by atoms with van der Waals surface area (Å²) in [7, 11) is -4.03. The van der Waals surface area contributed by atoms with Gasteiger partial charge in [0.05, 0.1) is 31.1 Å². The van der Waals surface area contributed by atoms with Gasteiger partial charge in [-0.1, -0.05) is 30.3 Å². The van der Waals surface area contributed by atoms with Crippen LogP contribution in [0, 0.1) is 0 Å². The van der Waals surface area contributed by atoms with E-state index in [2.05, 4.69) is 4.98 Å². The molecule has 1 unspecified atom stereocenters. The highest BCUT2D eigenvalue weighted by atomic mass is 32.2. The Bertz CT molecular complexity index is 1420. The number of benzene rings is 2. The molecule has 9 nitrogen and oxygen atoms in total. The van der Waals surface area contributed by atoms with E-state index in [1.54, 1.807) is 42.4 Å². The van der Waals surface area contributed by atoms with Crippen LogP contribution in [0.2, 0.25) is 0 Å². The first-order chi connectivity index (χ1) is 18.4. The van der Waals surface area contributed by atoms with Gasteiger partial charge in [-0.15, -0.1) is 0 Å². The fraction of sp³-hybridized carbons (Fsp3) is 0.393. The number of pyridine rings is 1. The molecular formula is C28H33N4O5S+. The van der Waals surface area contributed by atoms with Gasteiger partial charge < -0.3 is 4.74 Å². The number of nitrogens with zero attached hydrogens (tertiary/aromatic N) is 4. The number of fused-ring (bicyclic) bond motifs is 1. The molecule has 2 aromatic carbocycles. The number of likely N-dealkylation sites (tertiary alicyclic amines) is 1. The van der Waals surface area contributed by atoms with Gasteiger partial charge in [0.1, 0.15) is 11.7 Å². The Kier molecular flexibility index (Phi) is 7.47. The quantitative estimate of drug-likeness (QED) is 0.363. The summed E-state index contributed by atoms with van der Waals surface area (Å²) in [5.74, 6) is -0.650. The van der Waals surface area contributed by atoms with E-state index in [0.29, 0.717) is 13.1 Å². The molecule has 10 heteroatoms. The summed E-state index contributed by atoms with van der Waals surface area (Å²) in [5.41, 5.74) is 0.864. The van der Waals surface area contributed by atoms with Crippen LogP contribution in [0.5, 0.6) is 0 Å². The minimum absolute atomic E-state index is 0.000721. The number of ether oxygens (including phenoxy) is 1. The summed E-state index contributed by atoms with van der Waals surface area (Å²) in [5, 5.41) is 1.72. The maximum atomic E-state index is 14.1. The Balaban J connectivity index is 1.47. The van der Waals surface area contributed by atoms with E-state index in [-0.39, 0.29) is 41.7 Å². The number of amides is 2. The van der Waals surface area contributed by atoms with E-state index in [9.17, 15) is 18.0 Å². The highest BCUT2D eigenvalue weighted by Crippen LogP contribution is 2.32. The predicted octanol–water partition coefficient (Wildman–Crippen LogP) is 3.78. The minimum atomic E-state index is -4.03. The van der Waals surface area contributed by atoms with Crippen LogP contribution >= 0.6 is 0 Å². The van der Waals surface area contributed by atoms with Crippen molar-refractivity contribution in [1.82, 2.24) is 18.7 Å². The average Bonchev–Trinajstić information content (AvgIpc) is 2.97. The molecule has 2 saturated heterocycles. The van der Waals surface area contributed by atoms with Crippen LogP contribution in [0.1, 0.15) is 26.2 Å². The third-order valence-corrected chi connectivity index (χ3v) is 9.49. The molecular weight excluding hydrogens is 504 g/mol. The fourth-order valence-electron chi connectivity index (χ4n) is 5.63. The summed E-state index contributed by atoms with van der Waals surface area (Å²) in [4.78, 5) is 33.1. The van der Waals surface area contributed by atoms with E-state index in [1.807, 2.05) is 36.4 Å². The molecule has 0 aliphatic carbocycles. The first-order valence-corrected chi connectivity index (χ1v) is 14.6. The predicted molar refractivity (Wildman–Crippen MR) is 145 cm³/mol. The van der Waals surface area contributed by atoms with Gasteiger partial charge in [0.15, 0.2) is 0 Å². The number of carbonyl (C=O) groups is 2. The molecule has 1 atom stereocenters. The molecule has 3 aromatic rings. The standard InChI is InChI=1S/C28H33N4O5S/c1-2-37-27(33)26-21-30(28(34)32(18-6-3-7-19-32)24-12-14-29-15-13-24)16-17-31(26)38(35,36)25-11-10-22-8-4-5-9-23(22)20-25/h4-5,8-15,20,26H,2-3,6-7,16-19,21H2,1H3/q+1. The van der Waals surface area contributed by atoms with Gasteiger partial charge in [-0.25, -0.2) is 17.7 Å². The summed E-state index contributed by atoms with van der Waals surface area (Å²) >= 11 is 0. The van der Waals surface area contributed by atoms with Crippen LogP contribution in [0.3, 0.4) is 0 Å². The zero-order valence-corrected chi connectivity index (χ0v) is 22.3. The lowest BCUT2D eigenvalue weighted by Gasteiger charge is -2.44. The molecule has 3 heterocycles. The number of carbonyl (C=O) groups excluding carboxylic acids is 2. The third-order valence-electron chi connectivity index (χ3n) is 7.59. The van der Waals surface area contributed by atoms with Gasteiger partial charge >= 0.3 is 12.0 Å². The maximum Gasteiger partial charge on any atom is 0.424 e. The summed E-state index contributed by atoms with van der Waals surface area (Å²) in [6.45, 7) is 3.24. The second-order valence-electron chi connectivity index (χ2n) is 9.80. The molecule has 0 spiro atoms. The molecule has 0 bridgehead atoms. The van der Waals surface area contributed by atoms with Crippen molar-refractivity contribution >= 4 is 38.5 Å². The third kappa shape index (κ3) is 4.79. The molecule has 5 rings (SSSR count). The fourth-order valence-corrected chi connectivity index (χ4v) is 7.23. The SMILES string of the molecule is CCOC(=O)C1CN(C(=O)[N+]2(c3ccncc3)CCCCC2)CCN1S(=O)(=O)c1ccc2ccccc2c1. The van der Waals surface area contributed by atoms with Crippen LogP contribution in [-0.2, 0) is 19.6 Å². The Morgan fingerprint density at radius 3 is 2.39 bits per heavy atom. The highest BCUT2D eigenvalue weighted by molar-refractivity contribution is 7.89. The topological polar surface area (TPSA) is 96.9 Å². The lowest BCUT2D eigenvalue weighted by molar-refractivity contribution is -0.149. The number of aromatic nitrogens is 1. The Morgan fingerprint density at radius 1 is 0.974 bits per heavy atom. The van der Waals surface area contributed by atoms with Gasteiger partial charge in [-0.3, -0.25) is 14.7 Å². The van der Waals surface area contributed by atoms with Crippen molar-refractivity contribution in [3.8, 4) is 0 Å². The van der Waals surface area contributed by atoms with Gasteiger partial charge in [0.2, 0.25) is 10.0 Å².